The first kappa shape index (κ1) is 58.7. The van der Waals surface area contributed by atoms with Crippen molar-refractivity contribution in [2.45, 2.75) is 56.0 Å². The Labute approximate surface area is 403 Å². The van der Waals surface area contributed by atoms with Gasteiger partial charge in [0, 0.05) is 17.7 Å². The predicted molar refractivity (Wildman–Crippen MR) is 216 cm³/mol. The molecular weight excluding hydrogens is 1080 g/mol. The Bertz CT molecular complexity index is 2640. The molecule has 0 aliphatic carbocycles. The van der Waals surface area contributed by atoms with Crippen LogP contribution in [0.15, 0.2) is 128 Å². The molecule has 4 nitrogen and oxygen atoms in total. The fourth-order valence-electron chi connectivity index (χ4n) is 7.78. The van der Waals surface area contributed by atoms with E-state index >= 15 is 0 Å². The van der Waals surface area contributed by atoms with Crippen LogP contribution in [0.1, 0.15) is 65.4 Å². The Morgan fingerprint density at radius 1 is 0.360 bits per heavy atom. The average molecular weight is 1100 g/mol. The van der Waals surface area contributed by atoms with Crippen molar-refractivity contribution in [2.75, 3.05) is 0 Å². The first-order chi connectivity index (χ1) is 33.9. The van der Waals surface area contributed by atoms with Crippen molar-refractivity contribution < 1.29 is 120 Å². The number of Topliss-reactive ketones (excluding diaryl/α,β-unsaturated/α-hetero) is 1. The van der Waals surface area contributed by atoms with Gasteiger partial charge in [-0.15, -0.1) is 0 Å². The molecule has 6 rings (SSSR count). The number of nitrogens with zero attached hydrogens (tertiary/aromatic N) is 1. The quantitative estimate of drug-likeness (QED) is 0.0714. The number of carbonyl (C=O) groups excluding carboxylic acids is 2. The Hall–Kier alpha value is -7.23. The van der Waals surface area contributed by atoms with Gasteiger partial charge in [-0.25, -0.2) is 0 Å². The molecule has 1 aromatic heterocycles. The second-order valence-electron chi connectivity index (χ2n) is 16.1. The normalized spacial score (nSPS) is 13.3. The molecule has 0 saturated heterocycles. The third kappa shape index (κ3) is 13.6. The molecule has 1 heterocycles. The number of benzene rings is 5. The molecular formula is C46H25BF24N2O2. The molecule has 0 fully saturated rings. The predicted octanol–water partition coefficient (Wildman–Crippen LogP) is 12.2. The molecule has 0 aliphatic rings. The van der Waals surface area contributed by atoms with E-state index in [2.05, 4.69) is 0 Å². The summed E-state index contributed by atoms with van der Waals surface area (Å²) in [4.78, 5) is 23.2. The van der Waals surface area contributed by atoms with Crippen LogP contribution in [0.25, 0.3) is 0 Å². The standard InChI is InChI=1S/C32H12BF24.C14H12N2O2/c34-25(35,36)13-1-14(26(37,38)39)6-21(5-13)33(22-7-15(27(40,41)42)2-16(8-22)28(43,44)45,23-9-17(29(46,47)48)3-18(10-23)30(49,50)51)24-11-19(31(52,53)54)4-20(12-24)32(55,56)57;15-14(18)12-8-4-5-9-16(12)10-13(17)11-6-2-1-3-7-11/h1-12H;1-9H,10H2,(H-,15,18)/q-1;/p+1. The van der Waals surface area contributed by atoms with Crippen molar-refractivity contribution in [3.8, 4) is 0 Å². The molecule has 1 amide bonds. The van der Waals surface area contributed by atoms with E-state index in [1.807, 2.05) is 6.07 Å². The summed E-state index contributed by atoms with van der Waals surface area (Å²) < 4.78 is 342. The summed E-state index contributed by atoms with van der Waals surface area (Å²) in [6.45, 7) is 0.100. The van der Waals surface area contributed by atoms with Gasteiger partial charge in [0.2, 0.25) is 12.3 Å². The molecule has 0 radical (unpaired) electrons. The van der Waals surface area contributed by atoms with Crippen LogP contribution in [0.5, 0.6) is 0 Å². The number of carbonyl (C=O) groups is 2. The zero-order chi connectivity index (χ0) is 56.9. The monoisotopic (exact) mass is 1100 g/mol. The van der Waals surface area contributed by atoms with Crippen molar-refractivity contribution in [1.29, 1.82) is 0 Å². The molecule has 75 heavy (non-hydrogen) atoms. The van der Waals surface area contributed by atoms with Crippen molar-refractivity contribution in [2.24, 2.45) is 5.73 Å². The fraction of sp³-hybridized carbons (Fsp3) is 0.196. The summed E-state index contributed by atoms with van der Waals surface area (Å²) in [6.07, 6.45) is -53.1. The SMILES string of the molecule is FC(F)(F)c1cc([B-](c2cc(C(F)(F)F)cc(C(F)(F)F)c2)(c2cc(C(F)(F)F)cc(C(F)(F)F)c2)c2cc(C(F)(F)F)cc(C(F)(F)F)c2)cc(C(F)(F)F)c1.NC(=O)c1cccc[n+]1CC(=O)c1ccccc1. The zero-order valence-electron chi connectivity index (χ0n) is 36.3. The molecule has 0 unspecified atom stereocenters. The van der Waals surface area contributed by atoms with Gasteiger partial charge in [0.15, 0.2) is 6.20 Å². The van der Waals surface area contributed by atoms with Crippen molar-refractivity contribution in [1.82, 2.24) is 0 Å². The molecule has 0 atom stereocenters. The van der Waals surface area contributed by atoms with Crippen LogP contribution in [-0.4, -0.2) is 17.8 Å². The maximum Gasteiger partial charge on any atom is 0.416 e. The minimum absolute atomic E-state index is 0.0608. The highest BCUT2D eigenvalue weighted by molar-refractivity contribution is 7.20. The summed E-state index contributed by atoms with van der Waals surface area (Å²) in [5, 5.41) is 0. The number of hydrogen-bond acceptors (Lipinski definition) is 2. The summed E-state index contributed by atoms with van der Waals surface area (Å²) in [7, 11) is 0. The van der Waals surface area contributed by atoms with Crippen LogP contribution in [0.2, 0.25) is 0 Å². The van der Waals surface area contributed by atoms with Gasteiger partial charge in [0.25, 0.3) is 5.69 Å². The largest absolute Gasteiger partial charge is 0.416 e. The summed E-state index contributed by atoms with van der Waals surface area (Å²) in [6, 6.07) is 5.20. The maximum atomic E-state index is 14.2. The van der Waals surface area contributed by atoms with E-state index in [1.54, 1.807) is 53.2 Å². The molecule has 0 aliphatic heterocycles. The molecule has 29 heteroatoms. The van der Waals surface area contributed by atoms with E-state index in [4.69, 9.17) is 5.73 Å². The number of nitrogens with two attached hydrogens (primary N) is 1. The lowest BCUT2D eigenvalue weighted by Crippen LogP contribution is -2.75. The number of primary amides is 1. The number of halogens is 24. The Morgan fingerprint density at radius 3 is 0.827 bits per heavy atom. The van der Waals surface area contributed by atoms with Gasteiger partial charge in [-0.2, -0.15) is 132 Å². The van der Waals surface area contributed by atoms with Crippen LogP contribution in [0, 0.1) is 0 Å². The van der Waals surface area contributed by atoms with Crippen LogP contribution in [-0.2, 0) is 56.0 Å². The minimum atomic E-state index is -6.13. The summed E-state index contributed by atoms with van der Waals surface area (Å²) in [5.74, 6) is -0.606. The van der Waals surface area contributed by atoms with Gasteiger partial charge < -0.3 is 5.73 Å². The topological polar surface area (TPSA) is 64.0 Å². The third-order valence-electron chi connectivity index (χ3n) is 11.0. The lowest BCUT2D eigenvalue weighted by Gasteiger charge is -2.46. The second-order valence-corrected chi connectivity index (χ2v) is 16.1. The van der Waals surface area contributed by atoms with E-state index in [-0.39, 0.29) is 12.3 Å². The number of ketones is 1. The molecule has 2 N–H and O–H groups in total. The highest BCUT2D eigenvalue weighted by Gasteiger charge is 2.47. The smallest absolute Gasteiger partial charge is 0.360 e. The molecule has 402 valence electrons. The van der Waals surface area contributed by atoms with E-state index < -0.39 is 201 Å². The number of pyridine rings is 1. The van der Waals surface area contributed by atoms with E-state index in [1.165, 1.54) is 0 Å². The van der Waals surface area contributed by atoms with Crippen molar-refractivity contribution in [3.63, 3.8) is 0 Å². The van der Waals surface area contributed by atoms with Gasteiger partial charge in [-0.3, -0.25) is 9.59 Å². The number of alkyl halides is 24. The lowest BCUT2D eigenvalue weighted by atomic mass is 9.12. The number of rotatable bonds is 8. The summed E-state index contributed by atoms with van der Waals surface area (Å²) >= 11 is 0. The molecule has 0 saturated carbocycles. The molecule has 5 aromatic carbocycles. The highest BCUT2D eigenvalue weighted by Crippen LogP contribution is 2.41. The van der Waals surface area contributed by atoms with Crippen LogP contribution in [0.3, 0.4) is 0 Å². The highest BCUT2D eigenvalue weighted by atomic mass is 19.4. The Morgan fingerprint density at radius 2 is 0.600 bits per heavy atom. The third-order valence-corrected chi connectivity index (χ3v) is 11.0. The lowest BCUT2D eigenvalue weighted by molar-refractivity contribution is -0.685. The number of aromatic nitrogens is 1. The van der Waals surface area contributed by atoms with E-state index in [0.717, 1.165) is 0 Å². The number of amides is 1. The zero-order valence-corrected chi connectivity index (χ0v) is 36.3. The van der Waals surface area contributed by atoms with Crippen LogP contribution in [0.4, 0.5) is 105 Å². The van der Waals surface area contributed by atoms with Crippen molar-refractivity contribution in [3.05, 3.63) is 183 Å². The first-order valence-corrected chi connectivity index (χ1v) is 20.2. The van der Waals surface area contributed by atoms with Crippen LogP contribution >= 0.6 is 0 Å². The van der Waals surface area contributed by atoms with Gasteiger partial charge in [0.05, 0.1) is 44.5 Å². The van der Waals surface area contributed by atoms with Gasteiger partial charge in [-0.05, 0) is 30.3 Å². The van der Waals surface area contributed by atoms with Crippen molar-refractivity contribution >= 4 is 39.7 Å². The Kier molecular flexibility index (Phi) is 15.8. The second kappa shape index (κ2) is 20.1. The molecule has 0 spiro atoms. The van der Waals surface area contributed by atoms with Gasteiger partial charge >= 0.3 is 55.3 Å². The molecule has 6 aromatic rings. The molecule has 0 bridgehead atoms. The van der Waals surface area contributed by atoms with E-state index in [9.17, 15) is 115 Å². The Balaban J connectivity index is 0.000000483. The minimum Gasteiger partial charge on any atom is -0.360 e. The van der Waals surface area contributed by atoms with Gasteiger partial charge in [-0.1, -0.05) is 78.9 Å². The first-order valence-electron chi connectivity index (χ1n) is 20.2. The van der Waals surface area contributed by atoms with E-state index in [0.29, 0.717) is 11.3 Å². The average Bonchev–Trinajstić information content (AvgIpc) is 3.27. The summed E-state index contributed by atoms with van der Waals surface area (Å²) in [5.41, 5.74) is -24.0. The van der Waals surface area contributed by atoms with Gasteiger partial charge in [0.1, 0.15) is 6.15 Å². The van der Waals surface area contributed by atoms with Crippen LogP contribution < -0.4 is 32.2 Å². The fourth-order valence-corrected chi connectivity index (χ4v) is 7.78. The number of hydrogen-bond donors (Lipinski definition) is 1. The maximum absolute atomic E-state index is 14.2.